The Labute approximate surface area is 161 Å². The lowest BCUT2D eigenvalue weighted by molar-refractivity contribution is 0.478. The number of hydrogen-bond donors (Lipinski definition) is 2. The second-order valence-electron chi connectivity index (χ2n) is 9.22. The van der Waals surface area contributed by atoms with Gasteiger partial charge in [-0.25, -0.2) is 0 Å². The largest absolute Gasteiger partial charge is 0.381 e. The molecule has 0 heterocycles. The van der Waals surface area contributed by atoms with Gasteiger partial charge in [0.25, 0.3) is 0 Å². The maximum absolute atomic E-state index is 4.29. The molecule has 0 atom stereocenters. The summed E-state index contributed by atoms with van der Waals surface area (Å²) in [4.78, 5) is 0. The van der Waals surface area contributed by atoms with Gasteiger partial charge in [-0.15, -0.1) is 0 Å². The van der Waals surface area contributed by atoms with Crippen LogP contribution in [0.1, 0.15) is 66.5 Å². The van der Waals surface area contributed by atoms with Gasteiger partial charge in [0.1, 0.15) is 0 Å². The number of benzene rings is 1. The highest BCUT2D eigenvalue weighted by Crippen LogP contribution is 2.34. The van der Waals surface area contributed by atoms with E-state index < -0.39 is 0 Å². The van der Waals surface area contributed by atoms with Crippen molar-refractivity contribution in [1.29, 1.82) is 0 Å². The predicted molar refractivity (Wildman–Crippen MR) is 119 cm³/mol. The summed E-state index contributed by atoms with van der Waals surface area (Å²) in [7, 11) is 0. The van der Waals surface area contributed by atoms with Crippen LogP contribution in [0.15, 0.2) is 48.2 Å². The molecular weight excluding hydrogens is 316 g/mol. The molecule has 0 unspecified atom stereocenters. The van der Waals surface area contributed by atoms with Gasteiger partial charge in [-0.05, 0) is 75.8 Å². The third kappa shape index (κ3) is 7.11. The zero-order chi connectivity index (χ0) is 20.1. The van der Waals surface area contributed by atoms with E-state index in [1.807, 2.05) is 0 Å². The summed E-state index contributed by atoms with van der Waals surface area (Å²) < 4.78 is 0. The van der Waals surface area contributed by atoms with Crippen molar-refractivity contribution < 1.29 is 0 Å². The van der Waals surface area contributed by atoms with Gasteiger partial charge >= 0.3 is 0 Å². The Hall–Kier alpha value is -1.96. The molecule has 26 heavy (non-hydrogen) atoms. The molecule has 0 aromatic heterocycles. The first-order chi connectivity index (χ1) is 11.8. The molecule has 0 saturated carbocycles. The summed E-state index contributed by atoms with van der Waals surface area (Å²) in [6.45, 7) is 24.6. The fourth-order valence-electron chi connectivity index (χ4n) is 2.61. The van der Waals surface area contributed by atoms with Crippen LogP contribution in [0.4, 0.5) is 5.69 Å². The second-order valence-corrected chi connectivity index (χ2v) is 9.22. The monoisotopic (exact) mass is 354 g/mol. The Balaban J connectivity index is 2.89. The van der Waals surface area contributed by atoms with Crippen LogP contribution >= 0.6 is 0 Å². The van der Waals surface area contributed by atoms with Crippen LogP contribution in [0.2, 0.25) is 0 Å². The molecule has 2 heteroatoms. The summed E-state index contributed by atoms with van der Waals surface area (Å²) in [6, 6.07) is 6.56. The molecule has 2 N–H and O–H groups in total. The van der Waals surface area contributed by atoms with Gasteiger partial charge in [0, 0.05) is 23.5 Å². The lowest BCUT2D eigenvalue weighted by atomic mass is 9.83. The smallest absolute Gasteiger partial charge is 0.0378 e. The molecule has 0 aliphatic heterocycles. The summed E-state index contributed by atoms with van der Waals surface area (Å²) >= 11 is 0. The van der Waals surface area contributed by atoms with Gasteiger partial charge in [0.2, 0.25) is 0 Å². The molecule has 0 aliphatic rings. The van der Waals surface area contributed by atoms with E-state index in [0.29, 0.717) is 0 Å². The molecule has 1 rings (SSSR count). The van der Waals surface area contributed by atoms with Crippen LogP contribution in [-0.4, -0.2) is 12.1 Å². The lowest BCUT2D eigenvalue weighted by Crippen LogP contribution is -2.34. The van der Waals surface area contributed by atoms with Crippen molar-refractivity contribution in [2.75, 3.05) is 11.9 Å². The number of rotatable bonds is 6. The van der Waals surface area contributed by atoms with Gasteiger partial charge in [-0.1, -0.05) is 51.1 Å². The number of anilines is 1. The van der Waals surface area contributed by atoms with E-state index in [-0.39, 0.29) is 11.0 Å². The zero-order valence-electron chi connectivity index (χ0n) is 18.3. The Morgan fingerprint density at radius 3 is 2.23 bits per heavy atom. The quantitative estimate of drug-likeness (QED) is 0.555. The lowest BCUT2D eigenvalue weighted by Gasteiger charge is -2.24. The summed E-state index contributed by atoms with van der Waals surface area (Å²) in [5, 5.41) is 7.12. The van der Waals surface area contributed by atoms with Gasteiger partial charge in [-0.3, -0.25) is 0 Å². The first-order valence-corrected chi connectivity index (χ1v) is 9.49. The van der Waals surface area contributed by atoms with Crippen molar-refractivity contribution in [2.24, 2.45) is 5.41 Å². The first-order valence-electron chi connectivity index (χ1n) is 9.49. The third-order valence-corrected chi connectivity index (χ3v) is 4.28. The zero-order valence-corrected chi connectivity index (χ0v) is 18.3. The minimum absolute atomic E-state index is 0.0598. The van der Waals surface area contributed by atoms with Crippen LogP contribution in [0.5, 0.6) is 0 Å². The molecule has 1 aromatic carbocycles. The van der Waals surface area contributed by atoms with Gasteiger partial charge < -0.3 is 10.6 Å². The van der Waals surface area contributed by atoms with Crippen molar-refractivity contribution >= 4 is 11.3 Å². The Kier molecular flexibility index (Phi) is 7.32. The molecule has 0 amide bonds. The first kappa shape index (κ1) is 22.1. The molecule has 0 radical (unpaired) electrons. The second kappa shape index (κ2) is 8.62. The van der Waals surface area contributed by atoms with Crippen molar-refractivity contribution in [3.63, 3.8) is 0 Å². The minimum atomic E-state index is 0.0598. The van der Waals surface area contributed by atoms with E-state index >= 15 is 0 Å². The maximum atomic E-state index is 4.29. The molecule has 0 fully saturated rings. The van der Waals surface area contributed by atoms with Crippen molar-refractivity contribution in [2.45, 2.75) is 67.9 Å². The molecular formula is C24H38N2. The van der Waals surface area contributed by atoms with Crippen LogP contribution in [0.25, 0.3) is 5.57 Å². The highest BCUT2D eigenvalue weighted by atomic mass is 15.0. The van der Waals surface area contributed by atoms with Crippen LogP contribution in [0, 0.1) is 12.3 Å². The Morgan fingerprint density at radius 2 is 1.73 bits per heavy atom. The third-order valence-electron chi connectivity index (χ3n) is 4.28. The molecule has 1 aromatic rings. The average Bonchev–Trinajstić information content (AvgIpc) is 2.50. The summed E-state index contributed by atoms with van der Waals surface area (Å²) in [6.07, 6.45) is 4.33. The van der Waals surface area contributed by atoms with Gasteiger partial charge in [0.05, 0.1) is 0 Å². The molecule has 2 nitrogen and oxygen atoms in total. The topological polar surface area (TPSA) is 24.1 Å². The number of aryl methyl sites for hydroxylation is 1. The number of nitrogens with one attached hydrogen (secondary N) is 2. The average molecular weight is 355 g/mol. The van der Waals surface area contributed by atoms with Gasteiger partial charge in [0.15, 0.2) is 0 Å². The Bertz CT molecular complexity index is 692. The molecule has 0 bridgehead atoms. The normalized spacial score (nSPS) is 13.6. The van der Waals surface area contributed by atoms with Crippen molar-refractivity contribution in [3.05, 3.63) is 59.3 Å². The molecule has 0 saturated heterocycles. The van der Waals surface area contributed by atoms with Crippen LogP contribution in [0.3, 0.4) is 0 Å². The fraction of sp³-hybridized carbons (Fsp3) is 0.500. The molecule has 0 spiro atoms. The van der Waals surface area contributed by atoms with E-state index in [2.05, 4.69) is 110 Å². The minimum Gasteiger partial charge on any atom is -0.381 e. The van der Waals surface area contributed by atoms with E-state index in [9.17, 15) is 0 Å². The van der Waals surface area contributed by atoms with Gasteiger partial charge in [-0.2, -0.15) is 0 Å². The highest BCUT2D eigenvalue weighted by molar-refractivity contribution is 5.71. The van der Waals surface area contributed by atoms with Crippen LogP contribution < -0.4 is 10.6 Å². The highest BCUT2D eigenvalue weighted by Gasteiger charge is 2.17. The standard InChI is InChI=1S/C24H38N2/c1-11-21(26-24(8,9)10)14-17(2)16-25-22-15-20(13-12-18(22)3)19(4)23(5,6)7/h11-15,25-26H,4,16H2,1-3,5-10H3/b17-14+,21-11+. The molecule has 144 valence electrons. The summed E-state index contributed by atoms with van der Waals surface area (Å²) in [5.41, 5.74) is 7.37. The van der Waals surface area contributed by atoms with Crippen molar-refractivity contribution in [3.8, 4) is 0 Å². The van der Waals surface area contributed by atoms with E-state index in [1.165, 1.54) is 28.0 Å². The fourth-order valence-corrected chi connectivity index (χ4v) is 2.61. The molecule has 0 aliphatic carbocycles. The number of allylic oxidation sites excluding steroid dienone is 3. The van der Waals surface area contributed by atoms with E-state index in [4.69, 9.17) is 0 Å². The summed E-state index contributed by atoms with van der Waals surface area (Å²) in [5.74, 6) is 0. The van der Waals surface area contributed by atoms with E-state index in [0.717, 1.165) is 12.2 Å². The number of hydrogen-bond acceptors (Lipinski definition) is 2. The SMILES string of the molecule is C=C(c1ccc(C)c(NC/C(C)=C/C(=C\C)NC(C)(C)C)c1)C(C)(C)C. The predicted octanol–water partition coefficient (Wildman–Crippen LogP) is 6.70. The van der Waals surface area contributed by atoms with Crippen molar-refractivity contribution in [1.82, 2.24) is 5.32 Å². The van der Waals surface area contributed by atoms with E-state index in [1.54, 1.807) is 0 Å². The van der Waals surface area contributed by atoms with Crippen LogP contribution in [-0.2, 0) is 0 Å². The Morgan fingerprint density at radius 1 is 1.12 bits per heavy atom. The maximum Gasteiger partial charge on any atom is 0.0378 e.